The molecular formula is C18H25NO5. The molecule has 1 heterocycles. The fourth-order valence-electron chi connectivity index (χ4n) is 3.20. The average molecular weight is 335 g/mol. The third kappa shape index (κ3) is 4.47. The first-order valence-corrected chi connectivity index (χ1v) is 8.12. The lowest BCUT2D eigenvalue weighted by Crippen LogP contribution is -2.40. The van der Waals surface area contributed by atoms with Crippen molar-refractivity contribution in [3.63, 3.8) is 0 Å². The van der Waals surface area contributed by atoms with Gasteiger partial charge in [-0.15, -0.1) is 0 Å². The highest BCUT2D eigenvalue weighted by Gasteiger charge is 2.37. The SMILES string of the molecule is COc1ccc(CC(C)C(=O)N2CC(OC)CC2CC(=O)O)cc1. The van der Waals surface area contributed by atoms with E-state index in [4.69, 9.17) is 14.6 Å². The number of carbonyl (C=O) groups excluding carboxylic acids is 1. The standard InChI is InChI=1S/C18H25NO5/c1-12(8-13-4-6-15(23-2)7-5-13)18(22)19-11-16(24-3)9-14(19)10-17(20)21/h4-7,12,14,16H,8-11H2,1-3H3,(H,20,21). The molecule has 132 valence electrons. The van der Waals surface area contributed by atoms with Gasteiger partial charge >= 0.3 is 5.97 Å². The van der Waals surface area contributed by atoms with Crippen LogP contribution in [0.15, 0.2) is 24.3 Å². The van der Waals surface area contributed by atoms with E-state index >= 15 is 0 Å². The predicted molar refractivity (Wildman–Crippen MR) is 89.0 cm³/mol. The molecule has 1 aliphatic heterocycles. The first kappa shape index (κ1) is 18.3. The van der Waals surface area contributed by atoms with Crippen LogP contribution in [0.1, 0.15) is 25.3 Å². The number of carbonyl (C=O) groups is 2. The van der Waals surface area contributed by atoms with Gasteiger partial charge in [-0.1, -0.05) is 19.1 Å². The number of methoxy groups -OCH3 is 2. The molecular weight excluding hydrogens is 310 g/mol. The van der Waals surface area contributed by atoms with E-state index in [1.165, 1.54) is 0 Å². The molecule has 2 rings (SSSR count). The number of aliphatic carboxylic acids is 1. The van der Waals surface area contributed by atoms with Crippen molar-refractivity contribution >= 4 is 11.9 Å². The minimum atomic E-state index is -0.891. The molecule has 0 radical (unpaired) electrons. The largest absolute Gasteiger partial charge is 0.497 e. The van der Waals surface area contributed by atoms with Gasteiger partial charge in [0.05, 0.1) is 19.6 Å². The van der Waals surface area contributed by atoms with E-state index in [9.17, 15) is 9.59 Å². The number of hydrogen-bond acceptors (Lipinski definition) is 4. The Morgan fingerprint density at radius 1 is 1.29 bits per heavy atom. The molecule has 6 heteroatoms. The lowest BCUT2D eigenvalue weighted by atomic mass is 9.99. The van der Waals surface area contributed by atoms with E-state index in [2.05, 4.69) is 0 Å². The van der Waals surface area contributed by atoms with Gasteiger partial charge < -0.3 is 19.5 Å². The number of nitrogens with zero attached hydrogens (tertiary/aromatic N) is 1. The zero-order valence-electron chi connectivity index (χ0n) is 14.4. The van der Waals surface area contributed by atoms with Crippen molar-refractivity contribution in [1.29, 1.82) is 0 Å². The van der Waals surface area contributed by atoms with Crippen LogP contribution < -0.4 is 4.74 Å². The maximum Gasteiger partial charge on any atom is 0.305 e. The Morgan fingerprint density at radius 2 is 1.96 bits per heavy atom. The Hall–Kier alpha value is -2.08. The lowest BCUT2D eigenvalue weighted by Gasteiger charge is -2.26. The van der Waals surface area contributed by atoms with Gasteiger partial charge in [0.2, 0.25) is 5.91 Å². The number of carboxylic acid groups (broad SMARTS) is 1. The van der Waals surface area contributed by atoms with E-state index in [0.717, 1.165) is 11.3 Å². The Kier molecular flexibility index (Phi) is 6.20. The number of hydrogen-bond donors (Lipinski definition) is 1. The van der Waals surface area contributed by atoms with Crippen molar-refractivity contribution in [2.45, 2.75) is 38.3 Å². The van der Waals surface area contributed by atoms with Crippen LogP contribution in [-0.2, 0) is 20.7 Å². The van der Waals surface area contributed by atoms with E-state index < -0.39 is 5.97 Å². The average Bonchev–Trinajstić information content (AvgIpc) is 2.97. The number of amides is 1. The van der Waals surface area contributed by atoms with Gasteiger partial charge in [0, 0.05) is 25.6 Å². The lowest BCUT2D eigenvalue weighted by molar-refractivity contribution is -0.141. The second-order valence-electron chi connectivity index (χ2n) is 6.29. The van der Waals surface area contributed by atoms with Gasteiger partial charge in [0.15, 0.2) is 0 Å². The van der Waals surface area contributed by atoms with Crippen LogP contribution in [0.5, 0.6) is 5.75 Å². The van der Waals surface area contributed by atoms with E-state index in [-0.39, 0.29) is 30.4 Å². The first-order valence-electron chi connectivity index (χ1n) is 8.12. The maximum absolute atomic E-state index is 12.8. The molecule has 1 amide bonds. The van der Waals surface area contributed by atoms with Gasteiger partial charge in [-0.3, -0.25) is 9.59 Å². The molecule has 0 bridgehead atoms. The Bertz CT molecular complexity index is 571. The summed E-state index contributed by atoms with van der Waals surface area (Å²) in [5.74, 6) is -0.346. The molecule has 1 fully saturated rings. The van der Waals surface area contributed by atoms with Crippen LogP contribution in [0.2, 0.25) is 0 Å². The van der Waals surface area contributed by atoms with Crippen LogP contribution in [0.4, 0.5) is 0 Å². The highest BCUT2D eigenvalue weighted by molar-refractivity contribution is 5.80. The number of likely N-dealkylation sites (tertiary alicyclic amines) is 1. The normalized spacial score (nSPS) is 21.5. The molecule has 1 N–H and O–H groups in total. The summed E-state index contributed by atoms with van der Waals surface area (Å²) in [6, 6.07) is 7.34. The van der Waals surface area contributed by atoms with Crippen molar-refractivity contribution < 1.29 is 24.2 Å². The molecule has 0 aromatic heterocycles. The number of rotatable bonds is 7. The van der Waals surface area contributed by atoms with Crippen LogP contribution >= 0.6 is 0 Å². The van der Waals surface area contributed by atoms with Gasteiger partial charge in [-0.05, 0) is 30.5 Å². The van der Waals surface area contributed by atoms with Crippen LogP contribution in [0, 0.1) is 5.92 Å². The molecule has 3 unspecified atom stereocenters. The topological polar surface area (TPSA) is 76.1 Å². The van der Waals surface area contributed by atoms with Crippen LogP contribution in [-0.4, -0.2) is 54.8 Å². The minimum Gasteiger partial charge on any atom is -0.497 e. The van der Waals surface area contributed by atoms with Crippen molar-refractivity contribution in [3.8, 4) is 5.75 Å². The summed E-state index contributed by atoms with van der Waals surface area (Å²) in [5, 5.41) is 9.06. The maximum atomic E-state index is 12.8. The third-order valence-corrected chi connectivity index (χ3v) is 4.53. The summed E-state index contributed by atoms with van der Waals surface area (Å²) in [5.41, 5.74) is 1.05. The minimum absolute atomic E-state index is 0.0170. The fraction of sp³-hybridized carbons (Fsp3) is 0.556. The zero-order valence-corrected chi connectivity index (χ0v) is 14.4. The molecule has 0 aliphatic carbocycles. The van der Waals surface area contributed by atoms with Gasteiger partial charge in [-0.25, -0.2) is 0 Å². The molecule has 3 atom stereocenters. The Labute approximate surface area is 142 Å². The second-order valence-corrected chi connectivity index (χ2v) is 6.29. The Balaban J connectivity index is 2.02. The van der Waals surface area contributed by atoms with Gasteiger partial charge in [0.25, 0.3) is 0 Å². The summed E-state index contributed by atoms with van der Waals surface area (Å²) in [6.07, 6.45) is 1.05. The molecule has 1 aromatic rings. The summed E-state index contributed by atoms with van der Waals surface area (Å²) in [4.78, 5) is 25.5. The smallest absolute Gasteiger partial charge is 0.305 e. The van der Waals surface area contributed by atoms with Crippen LogP contribution in [0.3, 0.4) is 0 Å². The second kappa shape index (κ2) is 8.15. The van der Waals surface area contributed by atoms with Crippen molar-refractivity contribution in [2.24, 2.45) is 5.92 Å². The Morgan fingerprint density at radius 3 is 2.50 bits per heavy atom. The summed E-state index contributed by atoms with van der Waals surface area (Å²) in [6.45, 7) is 2.34. The zero-order chi connectivity index (χ0) is 17.7. The summed E-state index contributed by atoms with van der Waals surface area (Å²) in [7, 11) is 3.21. The first-order chi connectivity index (χ1) is 11.4. The number of benzene rings is 1. The molecule has 0 saturated carbocycles. The van der Waals surface area contributed by atoms with Crippen molar-refractivity contribution in [1.82, 2.24) is 4.90 Å². The predicted octanol–water partition coefficient (Wildman–Crippen LogP) is 1.96. The van der Waals surface area contributed by atoms with E-state index in [1.807, 2.05) is 31.2 Å². The quantitative estimate of drug-likeness (QED) is 0.824. The number of carboxylic acids is 1. The van der Waals surface area contributed by atoms with Crippen molar-refractivity contribution in [3.05, 3.63) is 29.8 Å². The van der Waals surface area contributed by atoms with Gasteiger partial charge in [-0.2, -0.15) is 0 Å². The summed E-state index contributed by atoms with van der Waals surface area (Å²) < 4.78 is 10.5. The van der Waals surface area contributed by atoms with Gasteiger partial charge in [0.1, 0.15) is 5.75 Å². The monoisotopic (exact) mass is 335 g/mol. The third-order valence-electron chi connectivity index (χ3n) is 4.53. The van der Waals surface area contributed by atoms with E-state index in [1.54, 1.807) is 19.1 Å². The molecule has 1 aliphatic rings. The summed E-state index contributed by atoms with van der Waals surface area (Å²) >= 11 is 0. The fourth-order valence-corrected chi connectivity index (χ4v) is 3.20. The van der Waals surface area contributed by atoms with Crippen molar-refractivity contribution in [2.75, 3.05) is 20.8 Å². The molecule has 6 nitrogen and oxygen atoms in total. The van der Waals surface area contributed by atoms with E-state index in [0.29, 0.717) is 19.4 Å². The number of ether oxygens (including phenoxy) is 2. The molecule has 0 spiro atoms. The molecule has 24 heavy (non-hydrogen) atoms. The van der Waals surface area contributed by atoms with Crippen LogP contribution in [0.25, 0.3) is 0 Å². The molecule has 1 aromatic carbocycles. The highest BCUT2D eigenvalue weighted by atomic mass is 16.5. The highest BCUT2D eigenvalue weighted by Crippen LogP contribution is 2.26. The molecule has 1 saturated heterocycles.